The van der Waals surface area contributed by atoms with E-state index < -0.39 is 5.60 Å². The minimum atomic E-state index is -0.829. The van der Waals surface area contributed by atoms with Gasteiger partial charge >= 0.3 is 0 Å². The van der Waals surface area contributed by atoms with Crippen LogP contribution in [0.4, 0.5) is 0 Å². The zero-order valence-corrected chi connectivity index (χ0v) is 13.7. The molecule has 1 heterocycles. The van der Waals surface area contributed by atoms with Crippen molar-refractivity contribution in [2.75, 3.05) is 44.4 Å². The fourth-order valence-corrected chi connectivity index (χ4v) is 2.70. The molecule has 0 radical (unpaired) electrons. The zero-order valence-electron chi connectivity index (χ0n) is 12.9. The molecule has 7 heteroatoms. The van der Waals surface area contributed by atoms with Crippen LogP contribution in [0.1, 0.15) is 26.7 Å². The number of rotatable bonds is 8. The predicted octanol–water partition coefficient (Wildman–Crippen LogP) is 0.246. The highest BCUT2D eigenvalue weighted by atomic mass is 32.2. The molecule has 0 spiro atoms. The first-order chi connectivity index (χ1) is 10.0. The van der Waals surface area contributed by atoms with Crippen molar-refractivity contribution in [2.24, 2.45) is 0 Å². The highest BCUT2D eigenvalue weighted by Gasteiger charge is 2.23. The number of hydrogen-bond acceptors (Lipinski definition) is 5. The van der Waals surface area contributed by atoms with Crippen LogP contribution in [0, 0.1) is 0 Å². The number of nitrogens with one attached hydrogen (secondary N) is 1. The molecular formula is C14H26N2O4S. The van der Waals surface area contributed by atoms with Gasteiger partial charge in [0.1, 0.15) is 0 Å². The Labute approximate surface area is 130 Å². The van der Waals surface area contributed by atoms with Crippen LogP contribution in [0.15, 0.2) is 0 Å². The van der Waals surface area contributed by atoms with E-state index in [1.54, 1.807) is 4.90 Å². The molecule has 0 bridgehead atoms. The quantitative estimate of drug-likeness (QED) is 0.670. The molecule has 0 unspecified atom stereocenters. The van der Waals surface area contributed by atoms with Crippen molar-refractivity contribution in [3.8, 4) is 0 Å². The minimum absolute atomic E-state index is 0.0507. The number of nitrogens with zero attached hydrogens (tertiary/aromatic N) is 1. The van der Waals surface area contributed by atoms with Crippen molar-refractivity contribution in [2.45, 2.75) is 32.3 Å². The molecule has 0 aromatic rings. The number of morpholine rings is 1. The summed E-state index contributed by atoms with van der Waals surface area (Å²) in [5.74, 6) is 0.448. The summed E-state index contributed by atoms with van der Waals surface area (Å²) >= 11 is 1.30. The summed E-state index contributed by atoms with van der Waals surface area (Å²) in [4.78, 5) is 25.3. The van der Waals surface area contributed by atoms with Gasteiger partial charge in [0, 0.05) is 19.6 Å². The van der Waals surface area contributed by atoms with Crippen LogP contribution in [0.25, 0.3) is 0 Å². The van der Waals surface area contributed by atoms with Crippen LogP contribution in [-0.2, 0) is 14.3 Å². The number of hydrogen-bond donors (Lipinski definition) is 2. The number of amides is 2. The first kappa shape index (κ1) is 18.3. The molecule has 1 aliphatic heterocycles. The average Bonchev–Trinajstić information content (AvgIpc) is 2.53. The van der Waals surface area contributed by atoms with E-state index in [0.717, 1.165) is 0 Å². The maximum absolute atomic E-state index is 11.9. The van der Waals surface area contributed by atoms with Crippen molar-refractivity contribution in [3.05, 3.63) is 0 Å². The van der Waals surface area contributed by atoms with Gasteiger partial charge < -0.3 is 20.1 Å². The largest absolute Gasteiger partial charge is 0.388 e. The summed E-state index contributed by atoms with van der Waals surface area (Å²) < 4.78 is 5.19. The normalized spacial score (nSPS) is 15.9. The van der Waals surface area contributed by atoms with Crippen molar-refractivity contribution in [1.29, 1.82) is 0 Å². The summed E-state index contributed by atoms with van der Waals surface area (Å²) in [7, 11) is 0. The van der Waals surface area contributed by atoms with Gasteiger partial charge in [-0.25, -0.2) is 0 Å². The molecule has 2 N–H and O–H groups in total. The highest BCUT2D eigenvalue weighted by molar-refractivity contribution is 8.00. The average molecular weight is 318 g/mol. The Bertz CT molecular complexity index is 342. The molecule has 0 aliphatic carbocycles. The molecule has 0 aromatic carbocycles. The van der Waals surface area contributed by atoms with Crippen molar-refractivity contribution >= 4 is 23.6 Å². The van der Waals surface area contributed by atoms with Crippen LogP contribution >= 0.6 is 11.8 Å². The lowest BCUT2D eigenvalue weighted by molar-refractivity contribution is -0.132. The number of ether oxygens (including phenoxy) is 1. The molecule has 21 heavy (non-hydrogen) atoms. The summed E-state index contributed by atoms with van der Waals surface area (Å²) in [5.41, 5.74) is -0.829. The number of carbonyl (C=O) groups is 2. The van der Waals surface area contributed by atoms with Gasteiger partial charge in [-0.1, -0.05) is 13.8 Å². The lowest BCUT2D eigenvalue weighted by Crippen LogP contribution is -2.43. The summed E-state index contributed by atoms with van der Waals surface area (Å²) in [5, 5.41) is 12.8. The Morgan fingerprint density at radius 2 is 1.86 bits per heavy atom. The van der Waals surface area contributed by atoms with E-state index in [0.29, 0.717) is 44.9 Å². The zero-order chi connectivity index (χ0) is 15.7. The Hall–Kier alpha value is -0.790. The number of aliphatic hydroxyl groups is 1. The van der Waals surface area contributed by atoms with E-state index in [1.165, 1.54) is 11.8 Å². The smallest absolute Gasteiger partial charge is 0.232 e. The van der Waals surface area contributed by atoms with Crippen LogP contribution < -0.4 is 5.32 Å². The van der Waals surface area contributed by atoms with Gasteiger partial charge in [-0.2, -0.15) is 0 Å². The summed E-state index contributed by atoms with van der Waals surface area (Å²) in [6.07, 6.45) is 1.21. The number of thioether (sulfide) groups is 1. The molecule has 0 atom stereocenters. The van der Waals surface area contributed by atoms with Crippen LogP contribution in [0.3, 0.4) is 0 Å². The lowest BCUT2D eigenvalue weighted by Gasteiger charge is -2.27. The van der Waals surface area contributed by atoms with Gasteiger partial charge in [-0.3, -0.25) is 9.59 Å². The Kier molecular flexibility index (Phi) is 8.06. The first-order valence-electron chi connectivity index (χ1n) is 7.43. The minimum Gasteiger partial charge on any atom is -0.388 e. The maximum atomic E-state index is 11.9. The second-order valence-corrected chi connectivity index (χ2v) is 6.18. The molecule has 0 saturated carbocycles. The standard InChI is InChI=1S/C14H26N2O4S/c1-3-14(19,4-2)11-15-12(17)9-21-10-13(18)16-5-7-20-8-6-16/h19H,3-11H2,1-2H3,(H,15,17). The molecule has 122 valence electrons. The third-order valence-electron chi connectivity index (χ3n) is 3.75. The van der Waals surface area contributed by atoms with Gasteiger partial charge in [-0.15, -0.1) is 11.8 Å². The fourth-order valence-electron chi connectivity index (χ4n) is 1.95. The molecule has 2 amide bonds. The monoisotopic (exact) mass is 318 g/mol. The molecule has 0 aromatic heterocycles. The predicted molar refractivity (Wildman–Crippen MR) is 83.3 cm³/mol. The Morgan fingerprint density at radius 3 is 2.43 bits per heavy atom. The second-order valence-electron chi connectivity index (χ2n) is 5.19. The lowest BCUT2D eigenvalue weighted by atomic mass is 9.98. The highest BCUT2D eigenvalue weighted by Crippen LogP contribution is 2.13. The van der Waals surface area contributed by atoms with E-state index in [1.807, 2.05) is 13.8 Å². The van der Waals surface area contributed by atoms with Crippen LogP contribution in [-0.4, -0.2) is 71.8 Å². The van der Waals surface area contributed by atoms with E-state index in [4.69, 9.17) is 4.74 Å². The summed E-state index contributed by atoms with van der Waals surface area (Å²) in [6, 6.07) is 0. The van der Waals surface area contributed by atoms with E-state index in [2.05, 4.69) is 5.32 Å². The SMILES string of the molecule is CCC(O)(CC)CNC(=O)CSCC(=O)N1CCOCC1. The van der Waals surface area contributed by atoms with Gasteiger partial charge in [0.05, 0.1) is 30.3 Å². The molecular weight excluding hydrogens is 292 g/mol. The van der Waals surface area contributed by atoms with Gasteiger partial charge in [0.15, 0.2) is 0 Å². The third kappa shape index (κ3) is 6.67. The molecule has 1 fully saturated rings. The second kappa shape index (κ2) is 9.27. The third-order valence-corrected chi connectivity index (χ3v) is 4.67. The maximum Gasteiger partial charge on any atom is 0.232 e. The van der Waals surface area contributed by atoms with E-state index in [-0.39, 0.29) is 24.1 Å². The van der Waals surface area contributed by atoms with Gasteiger partial charge in [0.2, 0.25) is 11.8 Å². The summed E-state index contributed by atoms with van der Waals surface area (Å²) in [6.45, 7) is 6.48. The Balaban J connectivity index is 2.16. The van der Waals surface area contributed by atoms with Crippen LogP contribution in [0.5, 0.6) is 0 Å². The van der Waals surface area contributed by atoms with Crippen molar-refractivity contribution in [1.82, 2.24) is 10.2 Å². The van der Waals surface area contributed by atoms with Crippen molar-refractivity contribution in [3.63, 3.8) is 0 Å². The van der Waals surface area contributed by atoms with E-state index >= 15 is 0 Å². The van der Waals surface area contributed by atoms with Gasteiger partial charge in [0.25, 0.3) is 0 Å². The number of carbonyl (C=O) groups excluding carboxylic acids is 2. The molecule has 1 rings (SSSR count). The topological polar surface area (TPSA) is 78.9 Å². The van der Waals surface area contributed by atoms with Crippen LogP contribution in [0.2, 0.25) is 0 Å². The molecule has 1 saturated heterocycles. The van der Waals surface area contributed by atoms with Gasteiger partial charge in [-0.05, 0) is 12.8 Å². The van der Waals surface area contributed by atoms with Crippen molar-refractivity contribution < 1.29 is 19.4 Å². The van der Waals surface area contributed by atoms with E-state index in [9.17, 15) is 14.7 Å². The fraction of sp³-hybridized carbons (Fsp3) is 0.857. The molecule has 1 aliphatic rings. The first-order valence-corrected chi connectivity index (χ1v) is 8.58. The molecule has 6 nitrogen and oxygen atoms in total. The Morgan fingerprint density at radius 1 is 1.24 bits per heavy atom.